The lowest BCUT2D eigenvalue weighted by Gasteiger charge is -2.00. The number of hydrogen-bond donors (Lipinski definition) is 2. The molecule has 0 aliphatic heterocycles. The van der Waals surface area contributed by atoms with E-state index in [1.807, 2.05) is 0 Å². The van der Waals surface area contributed by atoms with Crippen LogP contribution < -0.4 is 0 Å². The maximum atomic E-state index is 10.6. The average molecular weight is 249 g/mol. The van der Waals surface area contributed by atoms with E-state index in [1.54, 1.807) is 0 Å². The Labute approximate surface area is 101 Å². The van der Waals surface area contributed by atoms with E-state index in [9.17, 15) is 24.8 Å². The SMILES string of the molecule is O=Cc1cc(C#CCC(=O)O)cc([N+](=O)[O-])c1O. The van der Waals surface area contributed by atoms with Crippen LogP contribution in [0, 0.1) is 22.0 Å². The van der Waals surface area contributed by atoms with Gasteiger partial charge < -0.3 is 10.2 Å². The highest BCUT2D eigenvalue weighted by Gasteiger charge is 2.18. The van der Waals surface area contributed by atoms with E-state index >= 15 is 0 Å². The molecule has 0 saturated heterocycles. The van der Waals surface area contributed by atoms with Gasteiger partial charge in [-0.25, -0.2) is 0 Å². The van der Waals surface area contributed by atoms with Crippen molar-refractivity contribution in [3.05, 3.63) is 33.4 Å². The van der Waals surface area contributed by atoms with Crippen molar-refractivity contribution in [2.75, 3.05) is 0 Å². The standard InChI is InChI=1S/C11H7NO6/c13-6-8-4-7(2-1-3-10(14)15)5-9(11(8)16)12(17)18/h4-6,16H,3H2,(H,14,15). The number of nitrogens with zero attached hydrogens (tertiary/aromatic N) is 1. The number of benzene rings is 1. The van der Waals surface area contributed by atoms with Crippen molar-refractivity contribution in [1.29, 1.82) is 0 Å². The fourth-order valence-electron chi connectivity index (χ4n) is 1.16. The number of aliphatic carboxylic acids is 1. The average Bonchev–Trinajstić information content (AvgIpc) is 2.30. The third kappa shape index (κ3) is 3.05. The van der Waals surface area contributed by atoms with Crippen LogP contribution >= 0.6 is 0 Å². The molecule has 0 unspecified atom stereocenters. The summed E-state index contributed by atoms with van der Waals surface area (Å²) in [5, 5.41) is 28.4. The second-order valence-electron chi connectivity index (χ2n) is 3.18. The molecule has 18 heavy (non-hydrogen) atoms. The number of rotatable bonds is 3. The molecule has 0 amide bonds. The summed E-state index contributed by atoms with van der Waals surface area (Å²) in [5.74, 6) is 2.77. The number of aromatic hydroxyl groups is 1. The van der Waals surface area contributed by atoms with Crippen molar-refractivity contribution in [2.24, 2.45) is 0 Å². The zero-order valence-electron chi connectivity index (χ0n) is 8.91. The smallest absolute Gasteiger partial charge is 0.315 e. The van der Waals surface area contributed by atoms with Crippen LogP contribution in [0.15, 0.2) is 12.1 Å². The van der Waals surface area contributed by atoms with Crippen LogP contribution in [0.4, 0.5) is 5.69 Å². The van der Waals surface area contributed by atoms with Crippen molar-refractivity contribution < 1.29 is 24.7 Å². The maximum Gasteiger partial charge on any atom is 0.315 e. The highest BCUT2D eigenvalue weighted by atomic mass is 16.6. The summed E-state index contributed by atoms with van der Waals surface area (Å²) in [5.41, 5.74) is -0.842. The van der Waals surface area contributed by atoms with Crippen LogP contribution in [0.5, 0.6) is 5.75 Å². The molecule has 1 aromatic rings. The molecule has 7 heteroatoms. The first-order valence-electron chi connectivity index (χ1n) is 4.63. The first-order chi connectivity index (χ1) is 8.45. The molecule has 0 saturated carbocycles. The van der Waals surface area contributed by atoms with Crippen LogP contribution in [0.1, 0.15) is 22.3 Å². The molecule has 1 rings (SSSR count). The number of carboxylic acid groups (broad SMARTS) is 1. The fourth-order valence-corrected chi connectivity index (χ4v) is 1.16. The molecule has 0 aliphatic carbocycles. The molecule has 0 aromatic heterocycles. The van der Waals surface area contributed by atoms with Crippen LogP contribution in [-0.2, 0) is 4.79 Å². The first-order valence-corrected chi connectivity index (χ1v) is 4.63. The molecular formula is C11H7NO6. The van der Waals surface area contributed by atoms with Gasteiger partial charge in [-0.1, -0.05) is 11.8 Å². The zero-order chi connectivity index (χ0) is 13.7. The molecule has 1 aromatic carbocycles. The largest absolute Gasteiger partial charge is 0.502 e. The first kappa shape index (κ1) is 13.2. The second kappa shape index (κ2) is 5.45. The van der Waals surface area contributed by atoms with E-state index < -0.39 is 28.8 Å². The van der Waals surface area contributed by atoms with Gasteiger partial charge in [-0.2, -0.15) is 0 Å². The molecule has 0 aliphatic rings. The van der Waals surface area contributed by atoms with Crippen LogP contribution in [0.2, 0.25) is 0 Å². The number of nitro benzene ring substituents is 1. The van der Waals surface area contributed by atoms with E-state index in [4.69, 9.17) is 5.11 Å². The molecule has 0 radical (unpaired) electrons. The van der Waals surface area contributed by atoms with Gasteiger partial charge in [0.2, 0.25) is 5.75 Å². The normalized spacial score (nSPS) is 9.11. The molecular weight excluding hydrogens is 242 g/mol. The summed E-state index contributed by atoms with van der Waals surface area (Å²) in [7, 11) is 0. The predicted molar refractivity (Wildman–Crippen MR) is 59.3 cm³/mol. The Balaban J connectivity index is 3.24. The summed E-state index contributed by atoms with van der Waals surface area (Å²) >= 11 is 0. The van der Waals surface area contributed by atoms with Crippen LogP contribution in [0.25, 0.3) is 0 Å². The number of hydrogen-bond acceptors (Lipinski definition) is 5. The number of carboxylic acids is 1. The summed E-state index contributed by atoms with van der Waals surface area (Å²) < 4.78 is 0. The number of nitro groups is 1. The highest BCUT2D eigenvalue weighted by Crippen LogP contribution is 2.29. The Morgan fingerprint density at radius 3 is 2.67 bits per heavy atom. The summed E-state index contributed by atoms with van der Waals surface area (Å²) in [6.07, 6.45) is -0.171. The summed E-state index contributed by atoms with van der Waals surface area (Å²) in [6, 6.07) is 2.11. The minimum atomic E-state index is -1.13. The van der Waals surface area contributed by atoms with E-state index in [1.165, 1.54) is 0 Å². The minimum absolute atomic E-state index is 0.0860. The molecule has 2 N–H and O–H groups in total. The van der Waals surface area contributed by atoms with Crippen molar-refractivity contribution in [1.82, 2.24) is 0 Å². The van der Waals surface area contributed by atoms with Crippen molar-refractivity contribution in [3.8, 4) is 17.6 Å². The lowest BCUT2D eigenvalue weighted by molar-refractivity contribution is -0.385. The number of phenolic OH excluding ortho intramolecular Hbond substituents is 1. The van der Waals surface area contributed by atoms with Gasteiger partial charge >= 0.3 is 11.7 Å². The molecule has 0 bridgehead atoms. The summed E-state index contributed by atoms with van der Waals surface area (Å²) in [6.45, 7) is 0. The molecule has 0 atom stereocenters. The van der Waals surface area contributed by atoms with Crippen LogP contribution in [-0.4, -0.2) is 27.4 Å². The molecule has 7 nitrogen and oxygen atoms in total. The van der Waals surface area contributed by atoms with Gasteiger partial charge in [0.15, 0.2) is 6.29 Å². The third-order valence-electron chi connectivity index (χ3n) is 1.92. The van der Waals surface area contributed by atoms with Gasteiger partial charge in [0, 0.05) is 11.6 Å². The van der Waals surface area contributed by atoms with Gasteiger partial charge in [0.1, 0.15) is 6.42 Å². The number of aldehydes is 1. The van der Waals surface area contributed by atoms with Gasteiger partial charge in [-0.05, 0) is 6.07 Å². The molecule has 0 spiro atoms. The third-order valence-corrected chi connectivity index (χ3v) is 1.92. The predicted octanol–water partition coefficient (Wildman–Crippen LogP) is 0.939. The van der Waals surface area contributed by atoms with E-state index in [0.717, 1.165) is 12.1 Å². The van der Waals surface area contributed by atoms with Crippen molar-refractivity contribution in [3.63, 3.8) is 0 Å². The van der Waals surface area contributed by atoms with Crippen molar-refractivity contribution in [2.45, 2.75) is 6.42 Å². The minimum Gasteiger partial charge on any atom is -0.502 e. The van der Waals surface area contributed by atoms with Crippen molar-refractivity contribution >= 4 is 17.9 Å². The van der Waals surface area contributed by atoms with E-state index in [0.29, 0.717) is 0 Å². The fraction of sp³-hybridized carbons (Fsp3) is 0.0909. The Morgan fingerprint density at radius 1 is 1.50 bits per heavy atom. The Kier molecular flexibility index (Phi) is 3.99. The van der Waals surface area contributed by atoms with Gasteiger partial charge in [0.05, 0.1) is 10.5 Å². The highest BCUT2D eigenvalue weighted by molar-refractivity contribution is 5.83. The number of carbonyl (C=O) groups excluding carboxylic acids is 1. The molecule has 0 heterocycles. The second-order valence-corrected chi connectivity index (χ2v) is 3.18. The number of carbonyl (C=O) groups is 2. The Morgan fingerprint density at radius 2 is 2.17 bits per heavy atom. The molecule has 92 valence electrons. The van der Waals surface area contributed by atoms with Gasteiger partial charge in [-0.15, -0.1) is 0 Å². The topological polar surface area (TPSA) is 118 Å². The van der Waals surface area contributed by atoms with Gasteiger partial charge in [-0.3, -0.25) is 19.7 Å². The molecule has 0 fully saturated rings. The lowest BCUT2D eigenvalue weighted by atomic mass is 10.1. The Hall–Kier alpha value is -2.88. The van der Waals surface area contributed by atoms with Crippen LogP contribution in [0.3, 0.4) is 0 Å². The van der Waals surface area contributed by atoms with Gasteiger partial charge in [0.25, 0.3) is 0 Å². The summed E-state index contributed by atoms with van der Waals surface area (Å²) in [4.78, 5) is 30.6. The van der Waals surface area contributed by atoms with E-state index in [2.05, 4.69) is 11.8 Å². The Bertz CT molecular complexity index is 581. The lowest BCUT2D eigenvalue weighted by Crippen LogP contribution is -1.94. The zero-order valence-corrected chi connectivity index (χ0v) is 8.91. The number of phenols is 1. The van der Waals surface area contributed by atoms with E-state index in [-0.39, 0.29) is 17.4 Å². The monoisotopic (exact) mass is 249 g/mol. The quantitative estimate of drug-likeness (QED) is 0.356. The maximum absolute atomic E-state index is 10.6.